The van der Waals surface area contributed by atoms with Gasteiger partial charge < -0.3 is 5.32 Å². The lowest BCUT2D eigenvalue weighted by Crippen LogP contribution is -2.17. The molecule has 0 heterocycles. The summed E-state index contributed by atoms with van der Waals surface area (Å²) in [5.41, 5.74) is 1.17. The minimum Gasteiger partial charge on any atom is -0.310 e. The molecule has 0 spiro atoms. The van der Waals surface area contributed by atoms with Crippen LogP contribution in [-0.2, 0) is 0 Å². The van der Waals surface area contributed by atoms with E-state index >= 15 is 0 Å². The second-order valence-electron chi connectivity index (χ2n) is 2.80. The summed E-state index contributed by atoms with van der Waals surface area (Å²) in [5, 5.41) is 4.16. The van der Waals surface area contributed by atoms with E-state index in [0.717, 1.165) is 11.6 Å². The Hall–Kier alpha value is -0.530. The monoisotopic (exact) mass is 183 g/mol. The smallest absolute Gasteiger partial charge is 0.0453 e. The van der Waals surface area contributed by atoms with Crippen molar-refractivity contribution < 1.29 is 0 Å². The van der Waals surface area contributed by atoms with E-state index in [2.05, 4.69) is 25.2 Å². The Morgan fingerprint density at radius 1 is 1.42 bits per heavy atom. The molecule has 1 aromatic carbocycles. The Labute approximate surface area is 78.7 Å². The maximum atomic E-state index is 6.01. The van der Waals surface area contributed by atoms with Gasteiger partial charge in [0.15, 0.2) is 0 Å². The van der Waals surface area contributed by atoms with E-state index < -0.39 is 0 Å². The number of nitrogens with one attached hydrogen (secondary N) is 1. The Bertz CT molecular complexity index is 247. The Kier molecular flexibility index (Phi) is 3.57. The molecule has 0 aliphatic rings. The second-order valence-corrected chi connectivity index (χ2v) is 3.21. The van der Waals surface area contributed by atoms with Crippen molar-refractivity contribution in [3.05, 3.63) is 34.9 Å². The van der Waals surface area contributed by atoms with Crippen LogP contribution in [0.2, 0.25) is 5.02 Å². The molecular weight excluding hydrogens is 170 g/mol. The van der Waals surface area contributed by atoms with E-state index in [1.807, 2.05) is 18.2 Å². The van der Waals surface area contributed by atoms with E-state index in [1.54, 1.807) is 0 Å². The van der Waals surface area contributed by atoms with Crippen LogP contribution in [-0.4, -0.2) is 6.54 Å². The Balaban J connectivity index is 2.79. The lowest BCUT2D eigenvalue weighted by Gasteiger charge is -2.13. The number of hydrogen-bond donors (Lipinski definition) is 1. The second kappa shape index (κ2) is 4.48. The largest absolute Gasteiger partial charge is 0.310 e. The van der Waals surface area contributed by atoms with Gasteiger partial charge in [0.2, 0.25) is 0 Å². The summed E-state index contributed by atoms with van der Waals surface area (Å²) in [4.78, 5) is 0. The van der Waals surface area contributed by atoms with Crippen molar-refractivity contribution >= 4 is 11.6 Å². The first-order valence-corrected chi connectivity index (χ1v) is 4.61. The van der Waals surface area contributed by atoms with Crippen LogP contribution < -0.4 is 5.32 Å². The van der Waals surface area contributed by atoms with Crippen LogP contribution in [0.4, 0.5) is 0 Å². The third kappa shape index (κ3) is 2.23. The lowest BCUT2D eigenvalue weighted by atomic mass is 10.1. The van der Waals surface area contributed by atoms with E-state index in [-0.39, 0.29) is 0 Å². The summed E-state index contributed by atoms with van der Waals surface area (Å²) in [6.07, 6.45) is 0. The van der Waals surface area contributed by atoms with Crippen LogP contribution in [0.15, 0.2) is 24.3 Å². The zero-order valence-electron chi connectivity index (χ0n) is 7.47. The molecule has 0 saturated heterocycles. The van der Waals surface area contributed by atoms with Crippen molar-refractivity contribution in [2.24, 2.45) is 0 Å². The normalized spacial score (nSPS) is 12.9. The van der Waals surface area contributed by atoms with Crippen molar-refractivity contribution in [3.8, 4) is 0 Å². The molecule has 0 radical (unpaired) electrons. The van der Waals surface area contributed by atoms with Gasteiger partial charge in [-0.2, -0.15) is 0 Å². The summed E-state index contributed by atoms with van der Waals surface area (Å²) in [5.74, 6) is 0. The van der Waals surface area contributed by atoms with Gasteiger partial charge >= 0.3 is 0 Å². The molecule has 0 unspecified atom stereocenters. The summed E-state index contributed by atoms with van der Waals surface area (Å²) >= 11 is 6.01. The first kappa shape index (κ1) is 9.56. The maximum absolute atomic E-state index is 6.01. The zero-order valence-corrected chi connectivity index (χ0v) is 8.23. The van der Waals surface area contributed by atoms with E-state index in [1.165, 1.54) is 5.56 Å². The number of rotatable bonds is 3. The van der Waals surface area contributed by atoms with Gasteiger partial charge in [0.25, 0.3) is 0 Å². The molecular formula is C10H14ClN. The van der Waals surface area contributed by atoms with Crippen LogP contribution in [0.25, 0.3) is 0 Å². The minimum absolute atomic E-state index is 0.337. The topological polar surface area (TPSA) is 12.0 Å². The average Bonchev–Trinajstić information content (AvgIpc) is 2.05. The van der Waals surface area contributed by atoms with Gasteiger partial charge in [-0.1, -0.05) is 36.7 Å². The Morgan fingerprint density at radius 2 is 2.08 bits per heavy atom. The zero-order chi connectivity index (χ0) is 8.97. The third-order valence-electron chi connectivity index (χ3n) is 1.88. The summed E-state index contributed by atoms with van der Waals surface area (Å²) in [7, 11) is 0. The fourth-order valence-electron chi connectivity index (χ4n) is 1.24. The van der Waals surface area contributed by atoms with E-state index in [0.29, 0.717) is 6.04 Å². The van der Waals surface area contributed by atoms with Crippen LogP contribution in [0.5, 0.6) is 0 Å². The van der Waals surface area contributed by atoms with Gasteiger partial charge in [-0.3, -0.25) is 0 Å². The van der Waals surface area contributed by atoms with Crippen molar-refractivity contribution in [2.75, 3.05) is 6.54 Å². The van der Waals surface area contributed by atoms with Crippen molar-refractivity contribution in [1.82, 2.24) is 5.32 Å². The van der Waals surface area contributed by atoms with Gasteiger partial charge in [0.1, 0.15) is 0 Å². The Morgan fingerprint density at radius 3 is 2.67 bits per heavy atom. The number of hydrogen-bond acceptors (Lipinski definition) is 1. The highest BCUT2D eigenvalue weighted by atomic mass is 35.5. The minimum atomic E-state index is 0.337. The predicted molar refractivity (Wildman–Crippen MR) is 53.5 cm³/mol. The molecule has 0 fully saturated rings. The molecule has 1 rings (SSSR count). The van der Waals surface area contributed by atoms with Gasteiger partial charge in [-0.15, -0.1) is 0 Å². The third-order valence-corrected chi connectivity index (χ3v) is 2.23. The highest BCUT2D eigenvalue weighted by Gasteiger charge is 2.05. The van der Waals surface area contributed by atoms with Gasteiger partial charge in [-0.05, 0) is 25.1 Å². The standard InChI is InChI=1S/C10H14ClN/c1-3-12-8(2)9-6-4-5-7-10(9)11/h4-8,12H,3H2,1-2H3/t8-/m0/s1. The molecule has 0 bridgehead atoms. The van der Waals surface area contributed by atoms with Gasteiger partial charge in [0, 0.05) is 11.1 Å². The van der Waals surface area contributed by atoms with Gasteiger partial charge in [0.05, 0.1) is 0 Å². The van der Waals surface area contributed by atoms with E-state index in [9.17, 15) is 0 Å². The molecule has 12 heavy (non-hydrogen) atoms. The number of halogens is 1. The van der Waals surface area contributed by atoms with Gasteiger partial charge in [-0.25, -0.2) is 0 Å². The molecule has 1 N–H and O–H groups in total. The molecule has 0 amide bonds. The summed E-state index contributed by atoms with van der Waals surface area (Å²) < 4.78 is 0. The molecule has 0 aliphatic heterocycles. The fourth-order valence-corrected chi connectivity index (χ4v) is 1.54. The predicted octanol–water partition coefficient (Wildman–Crippen LogP) is 3.01. The summed E-state index contributed by atoms with van der Waals surface area (Å²) in [6, 6.07) is 8.27. The van der Waals surface area contributed by atoms with Crippen LogP contribution in [0.1, 0.15) is 25.5 Å². The quantitative estimate of drug-likeness (QED) is 0.760. The average molecular weight is 184 g/mol. The van der Waals surface area contributed by atoms with Crippen LogP contribution >= 0.6 is 11.6 Å². The highest BCUT2D eigenvalue weighted by molar-refractivity contribution is 6.31. The molecule has 1 aromatic rings. The van der Waals surface area contributed by atoms with Crippen LogP contribution in [0, 0.1) is 0 Å². The molecule has 66 valence electrons. The summed E-state index contributed by atoms with van der Waals surface area (Å²) in [6.45, 7) is 5.17. The van der Waals surface area contributed by atoms with E-state index in [4.69, 9.17) is 11.6 Å². The first-order valence-electron chi connectivity index (χ1n) is 4.23. The van der Waals surface area contributed by atoms with Crippen molar-refractivity contribution in [1.29, 1.82) is 0 Å². The van der Waals surface area contributed by atoms with Crippen molar-refractivity contribution in [3.63, 3.8) is 0 Å². The van der Waals surface area contributed by atoms with Crippen molar-refractivity contribution in [2.45, 2.75) is 19.9 Å². The first-order chi connectivity index (χ1) is 5.75. The molecule has 1 nitrogen and oxygen atoms in total. The molecule has 0 saturated carbocycles. The molecule has 2 heteroatoms. The SMILES string of the molecule is CCN[C@@H](C)c1ccccc1Cl. The molecule has 0 aromatic heterocycles. The number of benzene rings is 1. The fraction of sp³-hybridized carbons (Fsp3) is 0.400. The molecule has 0 aliphatic carbocycles. The molecule has 1 atom stereocenters. The highest BCUT2D eigenvalue weighted by Crippen LogP contribution is 2.21. The maximum Gasteiger partial charge on any atom is 0.0453 e. The lowest BCUT2D eigenvalue weighted by molar-refractivity contribution is 0.598. The van der Waals surface area contributed by atoms with Crippen LogP contribution in [0.3, 0.4) is 0 Å².